The van der Waals surface area contributed by atoms with Crippen LogP contribution in [0.2, 0.25) is 0 Å². The van der Waals surface area contributed by atoms with Crippen LogP contribution in [-0.4, -0.2) is 5.11 Å². The summed E-state index contributed by atoms with van der Waals surface area (Å²) < 4.78 is 13.1. The summed E-state index contributed by atoms with van der Waals surface area (Å²) >= 11 is 0. The molecule has 2 aromatic rings. The van der Waals surface area contributed by atoms with E-state index in [1.54, 1.807) is 6.07 Å². The summed E-state index contributed by atoms with van der Waals surface area (Å²) in [5.74, 6) is 0.0565. The van der Waals surface area contributed by atoms with E-state index in [2.05, 4.69) is 0 Å². The molecule has 16 heavy (non-hydrogen) atoms. The summed E-state index contributed by atoms with van der Waals surface area (Å²) in [7, 11) is 0. The zero-order valence-electron chi connectivity index (χ0n) is 9.29. The standard InChI is InChI=1S/C14H13FO/c1-9-6-12(7-10(2)14(9)16)11-4-3-5-13(15)8-11/h3-8,16H,1-2H3. The van der Waals surface area contributed by atoms with Gasteiger partial charge in [-0.25, -0.2) is 4.39 Å². The Morgan fingerprint density at radius 1 is 0.938 bits per heavy atom. The molecule has 0 fully saturated rings. The van der Waals surface area contributed by atoms with Crippen molar-refractivity contribution in [3.8, 4) is 16.9 Å². The highest BCUT2D eigenvalue weighted by Gasteiger charge is 2.05. The van der Waals surface area contributed by atoms with E-state index in [9.17, 15) is 9.50 Å². The average Bonchev–Trinajstić information content (AvgIpc) is 2.25. The van der Waals surface area contributed by atoms with Crippen LogP contribution in [0, 0.1) is 19.7 Å². The lowest BCUT2D eigenvalue weighted by molar-refractivity contribution is 0.467. The van der Waals surface area contributed by atoms with E-state index in [1.807, 2.05) is 32.0 Å². The van der Waals surface area contributed by atoms with Crippen LogP contribution < -0.4 is 0 Å². The van der Waals surface area contributed by atoms with Crippen LogP contribution in [0.25, 0.3) is 11.1 Å². The zero-order chi connectivity index (χ0) is 11.7. The Bertz CT molecular complexity index is 509. The third-order valence-corrected chi connectivity index (χ3v) is 2.65. The van der Waals surface area contributed by atoms with Gasteiger partial charge in [0.1, 0.15) is 11.6 Å². The molecule has 0 atom stereocenters. The molecule has 2 rings (SSSR count). The molecule has 0 aliphatic heterocycles. The van der Waals surface area contributed by atoms with Gasteiger partial charge in [-0.05, 0) is 60.4 Å². The van der Waals surface area contributed by atoms with E-state index < -0.39 is 0 Å². The van der Waals surface area contributed by atoms with Crippen molar-refractivity contribution in [1.82, 2.24) is 0 Å². The van der Waals surface area contributed by atoms with Gasteiger partial charge in [-0.2, -0.15) is 0 Å². The van der Waals surface area contributed by atoms with E-state index in [-0.39, 0.29) is 5.82 Å². The maximum absolute atomic E-state index is 13.1. The number of aryl methyl sites for hydroxylation is 2. The molecule has 2 aromatic carbocycles. The Hall–Kier alpha value is -1.83. The molecular formula is C14H13FO. The number of benzene rings is 2. The van der Waals surface area contributed by atoms with Crippen molar-refractivity contribution in [3.63, 3.8) is 0 Å². The Morgan fingerprint density at radius 3 is 2.12 bits per heavy atom. The minimum atomic E-state index is -0.249. The first-order chi connectivity index (χ1) is 7.58. The average molecular weight is 216 g/mol. The van der Waals surface area contributed by atoms with Crippen molar-refractivity contribution < 1.29 is 9.50 Å². The van der Waals surface area contributed by atoms with Gasteiger partial charge in [-0.3, -0.25) is 0 Å². The quantitative estimate of drug-likeness (QED) is 0.768. The topological polar surface area (TPSA) is 20.2 Å². The number of hydrogen-bond acceptors (Lipinski definition) is 1. The van der Waals surface area contributed by atoms with Gasteiger partial charge < -0.3 is 5.11 Å². The van der Waals surface area contributed by atoms with Crippen LogP contribution in [0.5, 0.6) is 5.75 Å². The van der Waals surface area contributed by atoms with E-state index in [0.29, 0.717) is 5.75 Å². The maximum atomic E-state index is 13.1. The SMILES string of the molecule is Cc1cc(-c2cccc(F)c2)cc(C)c1O. The molecule has 0 aromatic heterocycles. The number of halogens is 1. The predicted molar refractivity (Wildman–Crippen MR) is 63.0 cm³/mol. The number of phenols is 1. The Morgan fingerprint density at radius 2 is 1.56 bits per heavy atom. The van der Waals surface area contributed by atoms with Gasteiger partial charge >= 0.3 is 0 Å². The van der Waals surface area contributed by atoms with E-state index in [1.165, 1.54) is 12.1 Å². The number of hydrogen-bond donors (Lipinski definition) is 1. The maximum Gasteiger partial charge on any atom is 0.123 e. The summed E-state index contributed by atoms with van der Waals surface area (Å²) in [5.41, 5.74) is 3.36. The van der Waals surface area contributed by atoms with Crippen LogP contribution in [0.1, 0.15) is 11.1 Å². The van der Waals surface area contributed by atoms with Crippen molar-refractivity contribution in [2.75, 3.05) is 0 Å². The van der Waals surface area contributed by atoms with Crippen LogP contribution >= 0.6 is 0 Å². The smallest absolute Gasteiger partial charge is 0.123 e. The predicted octanol–water partition coefficient (Wildman–Crippen LogP) is 3.82. The van der Waals surface area contributed by atoms with Crippen LogP contribution in [0.3, 0.4) is 0 Å². The van der Waals surface area contributed by atoms with Gasteiger partial charge in [0.2, 0.25) is 0 Å². The number of aromatic hydroxyl groups is 1. The highest BCUT2D eigenvalue weighted by atomic mass is 19.1. The van der Waals surface area contributed by atoms with Crippen molar-refractivity contribution in [2.24, 2.45) is 0 Å². The fraction of sp³-hybridized carbons (Fsp3) is 0.143. The van der Waals surface area contributed by atoms with Crippen molar-refractivity contribution in [2.45, 2.75) is 13.8 Å². The van der Waals surface area contributed by atoms with Gasteiger partial charge in [-0.1, -0.05) is 12.1 Å². The molecule has 0 aliphatic rings. The Labute approximate surface area is 94.2 Å². The summed E-state index contributed by atoms with van der Waals surface area (Å²) in [6, 6.07) is 10.2. The van der Waals surface area contributed by atoms with E-state index >= 15 is 0 Å². The van der Waals surface area contributed by atoms with Crippen molar-refractivity contribution in [1.29, 1.82) is 0 Å². The number of rotatable bonds is 1. The van der Waals surface area contributed by atoms with Crippen molar-refractivity contribution >= 4 is 0 Å². The zero-order valence-corrected chi connectivity index (χ0v) is 9.29. The summed E-state index contributed by atoms with van der Waals surface area (Å²) in [6.45, 7) is 3.68. The molecule has 0 bridgehead atoms. The minimum Gasteiger partial charge on any atom is -0.507 e. The molecule has 1 N–H and O–H groups in total. The molecule has 1 nitrogen and oxygen atoms in total. The van der Waals surface area contributed by atoms with Crippen LogP contribution in [0.4, 0.5) is 4.39 Å². The first kappa shape index (κ1) is 10.7. The minimum absolute atomic E-state index is 0.249. The van der Waals surface area contributed by atoms with E-state index in [0.717, 1.165) is 22.3 Å². The normalized spacial score (nSPS) is 10.4. The van der Waals surface area contributed by atoms with Crippen LogP contribution in [-0.2, 0) is 0 Å². The largest absolute Gasteiger partial charge is 0.507 e. The van der Waals surface area contributed by atoms with Gasteiger partial charge in [-0.15, -0.1) is 0 Å². The molecule has 0 amide bonds. The van der Waals surface area contributed by atoms with Gasteiger partial charge in [0.05, 0.1) is 0 Å². The molecule has 0 radical (unpaired) electrons. The second-order valence-corrected chi connectivity index (χ2v) is 3.97. The second kappa shape index (κ2) is 3.97. The summed E-state index contributed by atoms with van der Waals surface area (Å²) in [5, 5.41) is 9.66. The lowest BCUT2D eigenvalue weighted by atomic mass is 10.00. The molecular weight excluding hydrogens is 203 g/mol. The van der Waals surface area contributed by atoms with Gasteiger partial charge in [0, 0.05) is 0 Å². The summed E-state index contributed by atoms with van der Waals surface area (Å²) in [6.07, 6.45) is 0. The van der Waals surface area contributed by atoms with Crippen molar-refractivity contribution in [3.05, 3.63) is 53.3 Å². The lowest BCUT2D eigenvalue weighted by Gasteiger charge is -2.08. The molecule has 0 aliphatic carbocycles. The Balaban J connectivity index is 2.57. The first-order valence-corrected chi connectivity index (χ1v) is 5.14. The van der Waals surface area contributed by atoms with E-state index in [4.69, 9.17) is 0 Å². The third kappa shape index (κ3) is 1.91. The fourth-order valence-corrected chi connectivity index (χ4v) is 1.79. The monoisotopic (exact) mass is 216 g/mol. The molecule has 2 heteroatoms. The lowest BCUT2D eigenvalue weighted by Crippen LogP contribution is -1.85. The molecule has 0 saturated carbocycles. The van der Waals surface area contributed by atoms with Gasteiger partial charge in [0.25, 0.3) is 0 Å². The second-order valence-electron chi connectivity index (χ2n) is 3.97. The molecule has 0 heterocycles. The number of phenolic OH excluding ortho intramolecular Hbond substituents is 1. The molecule has 0 saturated heterocycles. The first-order valence-electron chi connectivity index (χ1n) is 5.14. The van der Waals surface area contributed by atoms with Crippen LogP contribution in [0.15, 0.2) is 36.4 Å². The Kier molecular flexibility index (Phi) is 2.65. The fourth-order valence-electron chi connectivity index (χ4n) is 1.79. The molecule has 82 valence electrons. The molecule has 0 unspecified atom stereocenters. The molecule has 0 spiro atoms. The summed E-state index contributed by atoms with van der Waals surface area (Å²) in [4.78, 5) is 0. The highest BCUT2D eigenvalue weighted by molar-refractivity contribution is 5.67. The highest BCUT2D eigenvalue weighted by Crippen LogP contribution is 2.29. The van der Waals surface area contributed by atoms with Gasteiger partial charge in [0.15, 0.2) is 0 Å². The third-order valence-electron chi connectivity index (χ3n) is 2.65.